The molecule has 0 spiro atoms. The van der Waals surface area contributed by atoms with Crippen LogP contribution in [0.5, 0.6) is 0 Å². The largest absolute Gasteiger partial charge is 0.324 e. The number of halogens is 1. The van der Waals surface area contributed by atoms with Crippen molar-refractivity contribution >= 4 is 29.0 Å². The first-order valence-electron chi connectivity index (χ1n) is 6.96. The zero-order valence-electron chi connectivity index (χ0n) is 12.7. The summed E-state index contributed by atoms with van der Waals surface area (Å²) >= 11 is 6.00. The molecule has 1 heterocycles. The Kier molecular flexibility index (Phi) is 4.93. The summed E-state index contributed by atoms with van der Waals surface area (Å²) in [6, 6.07) is 9.06. The number of ketones is 1. The topological polar surface area (TPSA) is 59.1 Å². The van der Waals surface area contributed by atoms with Gasteiger partial charge in [0, 0.05) is 29.6 Å². The molecule has 1 amide bonds. The molecular formula is C17H17ClN2O2. The minimum Gasteiger partial charge on any atom is -0.324 e. The highest BCUT2D eigenvalue weighted by atomic mass is 35.5. The molecule has 2 rings (SSSR count). The number of carbonyl (C=O) groups is 2. The number of hydrogen-bond acceptors (Lipinski definition) is 3. The average Bonchev–Trinajstić information content (AvgIpc) is 2.45. The molecule has 114 valence electrons. The third-order valence-corrected chi connectivity index (χ3v) is 3.35. The molecule has 0 atom stereocenters. The number of amides is 1. The Hall–Kier alpha value is -2.20. The van der Waals surface area contributed by atoms with Crippen LogP contribution in [-0.2, 0) is 4.79 Å². The molecule has 1 N–H and O–H groups in total. The molecule has 0 aliphatic rings. The van der Waals surface area contributed by atoms with E-state index in [9.17, 15) is 9.59 Å². The predicted molar refractivity (Wildman–Crippen MR) is 88.2 cm³/mol. The van der Waals surface area contributed by atoms with Gasteiger partial charge >= 0.3 is 0 Å². The Morgan fingerprint density at radius 3 is 2.50 bits per heavy atom. The number of anilines is 1. The molecule has 0 aliphatic carbocycles. The maximum Gasteiger partial charge on any atom is 0.221 e. The van der Waals surface area contributed by atoms with Crippen molar-refractivity contribution in [3.63, 3.8) is 0 Å². The molecule has 2 aromatic rings. The summed E-state index contributed by atoms with van der Waals surface area (Å²) in [6.45, 7) is 4.99. The van der Waals surface area contributed by atoms with E-state index in [1.807, 2.05) is 12.1 Å². The number of hydrogen-bond donors (Lipinski definition) is 1. The van der Waals surface area contributed by atoms with Crippen LogP contribution in [0.1, 0.15) is 31.3 Å². The Bertz CT molecular complexity index is 726. The van der Waals surface area contributed by atoms with Crippen molar-refractivity contribution in [2.45, 2.75) is 20.8 Å². The fourth-order valence-electron chi connectivity index (χ4n) is 2.05. The van der Waals surface area contributed by atoms with E-state index < -0.39 is 0 Å². The van der Waals surface area contributed by atoms with Crippen LogP contribution in [0, 0.1) is 5.92 Å². The van der Waals surface area contributed by atoms with E-state index in [1.54, 1.807) is 38.2 Å². The number of aromatic nitrogens is 1. The number of rotatable bonds is 4. The Labute approximate surface area is 134 Å². The maximum absolute atomic E-state index is 12.2. The Morgan fingerprint density at radius 2 is 1.91 bits per heavy atom. The van der Waals surface area contributed by atoms with E-state index in [-0.39, 0.29) is 23.3 Å². The smallest absolute Gasteiger partial charge is 0.221 e. The van der Waals surface area contributed by atoms with E-state index in [0.717, 1.165) is 11.1 Å². The molecule has 0 bridgehead atoms. The second-order valence-corrected chi connectivity index (χ2v) is 5.77. The zero-order chi connectivity index (χ0) is 16.3. The first-order chi connectivity index (χ1) is 10.4. The van der Waals surface area contributed by atoms with Gasteiger partial charge in [-0.25, -0.2) is 0 Å². The van der Waals surface area contributed by atoms with E-state index in [0.29, 0.717) is 10.7 Å². The number of pyridine rings is 1. The first kappa shape index (κ1) is 16.2. The third kappa shape index (κ3) is 3.71. The van der Waals surface area contributed by atoms with Crippen molar-refractivity contribution in [2.75, 3.05) is 5.32 Å². The number of nitrogens with one attached hydrogen (secondary N) is 1. The lowest BCUT2D eigenvalue weighted by Crippen LogP contribution is -2.16. The summed E-state index contributed by atoms with van der Waals surface area (Å²) in [4.78, 5) is 27.9. The molecule has 0 radical (unpaired) electrons. The summed E-state index contributed by atoms with van der Waals surface area (Å²) in [7, 11) is 0. The summed E-state index contributed by atoms with van der Waals surface area (Å²) in [5.74, 6) is -0.554. The average molecular weight is 317 g/mol. The van der Waals surface area contributed by atoms with Crippen molar-refractivity contribution in [3.8, 4) is 11.1 Å². The minimum absolute atomic E-state index is 0.110. The van der Waals surface area contributed by atoms with Crippen molar-refractivity contribution in [1.82, 2.24) is 4.98 Å². The highest BCUT2D eigenvalue weighted by molar-refractivity contribution is 6.30. The fourth-order valence-corrected chi connectivity index (χ4v) is 2.24. The Morgan fingerprint density at radius 1 is 1.18 bits per heavy atom. The van der Waals surface area contributed by atoms with Gasteiger partial charge in [-0.05, 0) is 23.8 Å². The van der Waals surface area contributed by atoms with Crippen LogP contribution in [-0.4, -0.2) is 16.7 Å². The predicted octanol–water partition coefficient (Wildman–Crippen LogP) is 4.20. The van der Waals surface area contributed by atoms with Crippen molar-refractivity contribution in [3.05, 3.63) is 47.2 Å². The molecule has 4 nitrogen and oxygen atoms in total. The normalized spacial score (nSPS) is 10.6. The second kappa shape index (κ2) is 6.71. The number of carbonyl (C=O) groups excluding carboxylic acids is 2. The van der Waals surface area contributed by atoms with Gasteiger partial charge < -0.3 is 5.32 Å². The highest BCUT2D eigenvalue weighted by Gasteiger charge is 2.18. The van der Waals surface area contributed by atoms with Gasteiger partial charge in [-0.15, -0.1) is 0 Å². The van der Waals surface area contributed by atoms with Crippen molar-refractivity contribution in [1.29, 1.82) is 0 Å². The summed E-state index contributed by atoms with van der Waals surface area (Å²) in [5, 5.41) is 3.29. The van der Waals surface area contributed by atoms with E-state index in [4.69, 9.17) is 11.6 Å². The monoisotopic (exact) mass is 316 g/mol. The van der Waals surface area contributed by atoms with Crippen molar-refractivity contribution in [2.24, 2.45) is 5.92 Å². The highest BCUT2D eigenvalue weighted by Crippen LogP contribution is 2.27. The standard InChI is InChI=1S/C17H17ClN2O2/c1-10(2)17(22)16-15(20-11(3)21)8-13(9-19-16)12-5-4-6-14(18)7-12/h4-10H,1-3H3,(H,20,21). The van der Waals surface area contributed by atoms with Crippen LogP contribution in [0.2, 0.25) is 5.02 Å². The maximum atomic E-state index is 12.2. The van der Waals surface area contributed by atoms with Crippen LogP contribution in [0.25, 0.3) is 11.1 Å². The zero-order valence-corrected chi connectivity index (χ0v) is 13.4. The number of benzene rings is 1. The van der Waals surface area contributed by atoms with Gasteiger partial charge in [0.2, 0.25) is 5.91 Å². The SMILES string of the molecule is CC(=O)Nc1cc(-c2cccc(Cl)c2)cnc1C(=O)C(C)C. The van der Waals surface area contributed by atoms with Gasteiger partial charge in [0.1, 0.15) is 5.69 Å². The van der Waals surface area contributed by atoms with Gasteiger partial charge in [0.15, 0.2) is 5.78 Å². The molecule has 0 fully saturated rings. The number of Topliss-reactive ketones (excluding diaryl/α,β-unsaturated/α-hetero) is 1. The van der Waals surface area contributed by atoms with Crippen LogP contribution < -0.4 is 5.32 Å². The van der Waals surface area contributed by atoms with E-state index in [1.165, 1.54) is 6.92 Å². The molecule has 0 unspecified atom stereocenters. The molecule has 0 saturated carbocycles. The fraction of sp³-hybridized carbons (Fsp3) is 0.235. The quantitative estimate of drug-likeness (QED) is 0.860. The lowest BCUT2D eigenvalue weighted by Gasteiger charge is -2.12. The first-order valence-corrected chi connectivity index (χ1v) is 7.34. The third-order valence-electron chi connectivity index (χ3n) is 3.11. The van der Waals surface area contributed by atoms with Crippen LogP contribution in [0.4, 0.5) is 5.69 Å². The van der Waals surface area contributed by atoms with E-state index >= 15 is 0 Å². The van der Waals surface area contributed by atoms with Gasteiger partial charge in [-0.3, -0.25) is 14.6 Å². The molecule has 5 heteroatoms. The van der Waals surface area contributed by atoms with Crippen LogP contribution in [0.3, 0.4) is 0 Å². The van der Waals surface area contributed by atoms with Gasteiger partial charge in [0.25, 0.3) is 0 Å². The molecule has 1 aromatic heterocycles. The van der Waals surface area contributed by atoms with Gasteiger partial charge in [0.05, 0.1) is 5.69 Å². The lowest BCUT2D eigenvalue weighted by atomic mass is 10.0. The molecular weight excluding hydrogens is 300 g/mol. The second-order valence-electron chi connectivity index (χ2n) is 5.33. The molecule has 0 aliphatic heterocycles. The number of nitrogens with zero attached hydrogens (tertiary/aromatic N) is 1. The van der Waals surface area contributed by atoms with Crippen LogP contribution >= 0.6 is 11.6 Å². The van der Waals surface area contributed by atoms with Gasteiger partial charge in [-0.1, -0.05) is 37.6 Å². The van der Waals surface area contributed by atoms with Gasteiger partial charge in [-0.2, -0.15) is 0 Å². The van der Waals surface area contributed by atoms with E-state index in [2.05, 4.69) is 10.3 Å². The molecule has 0 saturated heterocycles. The summed E-state index contributed by atoms with van der Waals surface area (Å²) in [5.41, 5.74) is 2.35. The minimum atomic E-state index is -0.247. The van der Waals surface area contributed by atoms with Crippen LogP contribution in [0.15, 0.2) is 36.5 Å². The summed E-state index contributed by atoms with van der Waals surface area (Å²) < 4.78 is 0. The molecule has 22 heavy (non-hydrogen) atoms. The van der Waals surface area contributed by atoms with Crippen molar-refractivity contribution < 1.29 is 9.59 Å². The Balaban J connectivity index is 2.51. The lowest BCUT2D eigenvalue weighted by molar-refractivity contribution is -0.114. The summed E-state index contributed by atoms with van der Waals surface area (Å²) in [6.07, 6.45) is 1.62. The molecule has 1 aromatic carbocycles.